The Labute approximate surface area is 175 Å². The number of anilines is 1. The lowest BCUT2D eigenvalue weighted by molar-refractivity contribution is -0.148. The first-order chi connectivity index (χ1) is 14.2. The molecule has 160 valence electrons. The predicted octanol–water partition coefficient (Wildman–Crippen LogP) is 3.95. The maximum atomic E-state index is 14.1. The molecule has 0 saturated carbocycles. The molecule has 1 aliphatic rings. The molecule has 1 saturated heterocycles. The summed E-state index contributed by atoms with van der Waals surface area (Å²) in [5.74, 6) is 1.34. The summed E-state index contributed by atoms with van der Waals surface area (Å²) in [5, 5.41) is 1.79. The van der Waals surface area contributed by atoms with Crippen LogP contribution in [0.1, 0.15) is 28.3 Å². The highest BCUT2D eigenvalue weighted by molar-refractivity contribution is 7.10. The number of carbonyl (C=O) groups is 1. The SMILES string of the molecule is C#Cc1nc(C(=O)N(c2cc(F)cc(OC)c2)[C@@H]2CCCN(CC(F)(F)F)C2)cs1. The van der Waals surface area contributed by atoms with Gasteiger partial charge in [0.05, 0.1) is 25.4 Å². The van der Waals surface area contributed by atoms with Gasteiger partial charge >= 0.3 is 6.18 Å². The number of hydrogen-bond donors (Lipinski definition) is 0. The number of terminal acetylenes is 1. The van der Waals surface area contributed by atoms with E-state index < -0.39 is 30.5 Å². The molecule has 0 radical (unpaired) electrons. The van der Waals surface area contributed by atoms with E-state index in [1.54, 1.807) is 0 Å². The second-order valence-corrected chi connectivity index (χ2v) is 7.71. The molecule has 1 aromatic carbocycles. The zero-order chi connectivity index (χ0) is 21.9. The van der Waals surface area contributed by atoms with Crippen molar-refractivity contribution < 1.29 is 27.1 Å². The fraction of sp³-hybridized carbons (Fsp3) is 0.400. The van der Waals surface area contributed by atoms with E-state index in [1.807, 2.05) is 0 Å². The summed E-state index contributed by atoms with van der Waals surface area (Å²) in [6, 6.07) is 3.17. The molecule has 3 rings (SSSR count). The Hall–Kier alpha value is -2.64. The summed E-state index contributed by atoms with van der Waals surface area (Å²) in [7, 11) is 1.36. The number of amides is 1. The number of alkyl halides is 3. The summed E-state index contributed by atoms with van der Waals surface area (Å²) >= 11 is 1.10. The summed E-state index contributed by atoms with van der Waals surface area (Å²) in [6.07, 6.45) is 1.90. The van der Waals surface area contributed by atoms with E-state index in [2.05, 4.69) is 10.9 Å². The number of carbonyl (C=O) groups excluding carboxylic acids is 1. The molecule has 2 aromatic rings. The number of thiazole rings is 1. The van der Waals surface area contributed by atoms with E-state index in [9.17, 15) is 22.4 Å². The first kappa shape index (κ1) is 22.1. The van der Waals surface area contributed by atoms with Gasteiger partial charge in [-0.15, -0.1) is 17.8 Å². The van der Waals surface area contributed by atoms with Crippen molar-refractivity contribution in [3.8, 4) is 18.1 Å². The second kappa shape index (κ2) is 9.02. The molecule has 0 aliphatic carbocycles. The highest BCUT2D eigenvalue weighted by Crippen LogP contribution is 2.30. The summed E-state index contributed by atoms with van der Waals surface area (Å²) in [6.45, 7) is -0.811. The highest BCUT2D eigenvalue weighted by Gasteiger charge is 2.36. The van der Waals surface area contributed by atoms with Crippen molar-refractivity contribution in [1.82, 2.24) is 9.88 Å². The minimum Gasteiger partial charge on any atom is -0.497 e. The van der Waals surface area contributed by atoms with Gasteiger partial charge in [0, 0.05) is 24.1 Å². The molecule has 1 aliphatic heterocycles. The summed E-state index contributed by atoms with van der Waals surface area (Å²) in [4.78, 5) is 19.9. The maximum absolute atomic E-state index is 14.1. The number of hydrogen-bond acceptors (Lipinski definition) is 5. The zero-order valence-corrected chi connectivity index (χ0v) is 16.9. The van der Waals surface area contributed by atoms with Gasteiger partial charge in [0.25, 0.3) is 5.91 Å². The number of nitrogens with zero attached hydrogens (tertiary/aromatic N) is 3. The van der Waals surface area contributed by atoms with E-state index in [-0.39, 0.29) is 30.2 Å². The van der Waals surface area contributed by atoms with Gasteiger partial charge in [0.1, 0.15) is 17.3 Å². The number of likely N-dealkylation sites (tertiary alicyclic amines) is 1. The second-order valence-electron chi connectivity index (χ2n) is 6.85. The number of methoxy groups -OCH3 is 1. The topological polar surface area (TPSA) is 45.7 Å². The normalized spacial score (nSPS) is 17.4. The van der Waals surface area contributed by atoms with Crippen LogP contribution in [0.5, 0.6) is 5.75 Å². The molecule has 0 unspecified atom stereocenters. The third-order valence-corrected chi connectivity index (χ3v) is 5.46. The molecule has 30 heavy (non-hydrogen) atoms. The van der Waals surface area contributed by atoms with Gasteiger partial charge in [-0.1, -0.05) is 0 Å². The van der Waals surface area contributed by atoms with Gasteiger partial charge < -0.3 is 9.64 Å². The quantitative estimate of drug-likeness (QED) is 0.521. The van der Waals surface area contributed by atoms with Gasteiger partial charge in [-0.3, -0.25) is 9.69 Å². The molecule has 0 spiro atoms. The smallest absolute Gasteiger partial charge is 0.401 e. The number of rotatable bonds is 5. The number of ether oxygens (including phenoxy) is 1. The molecule has 1 fully saturated rings. The Balaban J connectivity index is 1.98. The van der Waals surface area contributed by atoms with Crippen molar-refractivity contribution in [2.24, 2.45) is 0 Å². The van der Waals surface area contributed by atoms with Crippen molar-refractivity contribution in [2.45, 2.75) is 25.1 Å². The molecule has 2 heterocycles. The van der Waals surface area contributed by atoms with E-state index >= 15 is 0 Å². The molecular formula is C20H19F4N3O2S. The number of aromatic nitrogens is 1. The van der Waals surface area contributed by atoms with E-state index in [1.165, 1.54) is 28.4 Å². The van der Waals surface area contributed by atoms with E-state index in [0.717, 1.165) is 23.5 Å². The monoisotopic (exact) mass is 441 g/mol. The third kappa shape index (κ3) is 5.29. The van der Waals surface area contributed by atoms with Crippen LogP contribution in [-0.4, -0.2) is 54.8 Å². The Morgan fingerprint density at radius 2 is 2.20 bits per heavy atom. The van der Waals surface area contributed by atoms with Crippen LogP contribution < -0.4 is 9.64 Å². The molecule has 5 nitrogen and oxygen atoms in total. The lowest BCUT2D eigenvalue weighted by Crippen LogP contribution is -2.52. The average molecular weight is 441 g/mol. The van der Waals surface area contributed by atoms with Gasteiger partial charge in [-0.2, -0.15) is 13.2 Å². The molecule has 1 atom stereocenters. The Morgan fingerprint density at radius 1 is 1.43 bits per heavy atom. The lowest BCUT2D eigenvalue weighted by atomic mass is 10.0. The van der Waals surface area contributed by atoms with Crippen LogP contribution in [-0.2, 0) is 0 Å². The summed E-state index contributed by atoms with van der Waals surface area (Å²) < 4.78 is 57.9. The Kier molecular flexibility index (Phi) is 6.63. The Bertz CT molecular complexity index is 954. The standard InChI is InChI=1S/C20H19F4N3O2S/c1-3-18-25-17(11-30-18)19(28)27(15-7-13(21)8-16(9-15)29-2)14-5-4-6-26(10-14)12-20(22,23)24/h1,7-9,11,14H,4-6,10,12H2,2H3/t14-/m1/s1. The van der Waals surface area contributed by atoms with Crippen LogP contribution in [0.4, 0.5) is 23.2 Å². The predicted molar refractivity (Wildman–Crippen MR) is 105 cm³/mol. The number of halogens is 4. The number of piperidine rings is 1. The highest BCUT2D eigenvalue weighted by atomic mass is 32.1. The van der Waals surface area contributed by atoms with Crippen molar-refractivity contribution in [3.63, 3.8) is 0 Å². The first-order valence-electron chi connectivity index (χ1n) is 9.09. The van der Waals surface area contributed by atoms with Crippen molar-refractivity contribution in [3.05, 3.63) is 40.1 Å². The van der Waals surface area contributed by atoms with Gasteiger partial charge in [0.15, 0.2) is 5.01 Å². The van der Waals surface area contributed by atoms with Crippen molar-refractivity contribution >= 4 is 22.9 Å². The van der Waals surface area contributed by atoms with Gasteiger partial charge in [-0.05, 0) is 31.4 Å². The minimum absolute atomic E-state index is 0.00376. The molecule has 1 amide bonds. The fourth-order valence-corrected chi connectivity index (χ4v) is 4.10. The zero-order valence-electron chi connectivity index (χ0n) is 16.1. The first-order valence-corrected chi connectivity index (χ1v) is 9.97. The number of benzene rings is 1. The molecule has 0 N–H and O–H groups in total. The van der Waals surface area contributed by atoms with Crippen LogP contribution in [0.15, 0.2) is 23.6 Å². The van der Waals surface area contributed by atoms with Crippen LogP contribution in [0.2, 0.25) is 0 Å². The van der Waals surface area contributed by atoms with Gasteiger partial charge in [0.2, 0.25) is 0 Å². The Morgan fingerprint density at radius 3 is 2.83 bits per heavy atom. The molecule has 10 heteroatoms. The lowest BCUT2D eigenvalue weighted by Gasteiger charge is -2.39. The minimum atomic E-state index is -4.35. The maximum Gasteiger partial charge on any atom is 0.401 e. The largest absolute Gasteiger partial charge is 0.497 e. The molecule has 1 aromatic heterocycles. The average Bonchev–Trinajstić information content (AvgIpc) is 3.16. The third-order valence-electron chi connectivity index (χ3n) is 4.68. The van der Waals surface area contributed by atoms with Crippen molar-refractivity contribution in [1.29, 1.82) is 0 Å². The van der Waals surface area contributed by atoms with Gasteiger partial charge in [-0.25, -0.2) is 9.37 Å². The van der Waals surface area contributed by atoms with E-state index in [4.69, 9.17) is 11.2 Å². The van der Waals surface area contributed by atoms with Crippen LogP contribution in [0.3, 0.4) is 0 Å². The van der Waals surface area contributed by atoms with Crippen LogP contribution >= 0.6 is 11.3 Å². The molecular weight excluding hydrogens is 422 g/mol. The van der Waals surface area contributed by atoms with Crippen LogP contribution in [0.25, 0.3) is 0 Å². The fourth-order valence-electron chi connectivity index (χ4n) is 3.50. The van der Waals surface area contributed by atoms with Crippen molar-refractivity contribution in [2.75, 3.05) is 31.6 Å². The summed E-state index contributed by atoms with van der Waals surface area (Å²) in [5.41, 5.74) is 0.245. The van der Waals surface area contributed by atoms with Crippen LogP contribution in [0, 0.1) is 18.2 Å². The van der Waals surface area contributed by atoms with E-state index in [0.29, 0.717) is 17.8 Å². The molecule has 0 bridgehead atoms.